The molecule has 11 heavy (non-hydrogen) atoms. The molecule has 2 N–H and O–H groups in total. The topological polar surface area (TPSA) is 32.3 Å². The minimum atomic E-state index is -0.337. The molecule has 2 aliphatic rings. The summed E-state index contributed by atoms with van der Waals surface area (Å²) >= 11 is 0. The van der Waals surface area contributed by atoms with E-state index in [-0.39, 0.29) is 5.60 Å². The summed E-state index contributed by atoms with van der Waals surface area (Å²) in [5, 5.41) is 13.4. The molecule has 0 radical (unpaired) electrons. The first-order valence-corrected chi connectivity index (χ1v) is 4.74. The van der Waals surface area contributed by atoms with Crippen molar-refractivity contribution in [3.05, 3.63) is 0 Å². The number of rotatable bonds is 0. The second-order valence-corrected chi connectivity index (χ2v) is 4.01. The molecule has 0 spiro atoms. The number of nitrogens with one attached hydrogen (secondary N) is 1. The van der Waals surface area contributed by atoms with Gasteiger partial charge < -0.3 is 10.4 Å². The Hall–Kier alpha value is -0.0800. The number of aliphatic hydroxyl groups is 1. The fourth-order valence-corrected chi connectivity index (χ4v) is 2.52. The van der Waals surface area contributed by atoms with Crippen LogP contribution < -0.4 is 5.32 Å². The van der Waals surface area contributed by atoms with Gasteiger partial charge in [-0.1, -0.05) is 12.8 Å². The lowest BCUT2D eigenvalue weighted by Crippen LogP contribution is -2.53. The standard InChI is InChI=1S/C9H17NO/c11-9-5-2-1-3-8(9)4-6-10-7-9/h8,10-11H,1-7H2/t8-,9-/m1/s1. The summed E-state index contributed by atoms with van der Waals surface area (Å²) in [6.45, 7) is 1.94. The van der Waals surface area contributed by atoms with Gasteiger partial charge in [-0.25, -0.2) is 0 Å². The average Bonchev–Trinajstić information content (AvgIpc) is 2.03. The number of hydrogen-bond donors (Lipinski definition) is 2. The highest BCUT2D eigenvalue weighted by Gasteiger charge is 2.40. The predicted molar refractivity (Wildman–Crippen MR) is 44.4 cm³/mol. The molecule has 0 aromatic rings. The van der Waals surface area contributed by atoms with Crippen molar-refractivity contribution in [3.63, 3.8) is 0 Å². The highest BCUT2D eigenvalue weighted by atomic mass is 16.3. The molecular weight excluding hydrogens is 138 g/mol. The predicted octanol–water partition coefficient (Wildman–Crippen LogP) is 0.901. The van der Waals surface area contributed by atoms with Crippen LogP contribution in [0.3, 0.4) is 0 Å². The maximum atomic E-state index is 10.1. The molecule has 1 saturated heterocycles. The Balaban J connectivity index is 2.06. The lowest BCUT2D eigenvalue weighted by atomic mass is 9.72. The Morgan fingerprint density at radius 3 is 3.00 bits per heavy atom. The van der Waals surface area contributed by atoms with Crippen molar-refractivity contribution in [3.8, 4) is 0 Å². The first kappa shape index (κ1) is 7.56. The third-order valence-corrected chi connectivity index (χ3v) is 3.27. The second-order valence-electron chi connectivity index (χ2n) is 4.01. The molecule has 1 aliphatic carbocycles. The van der Waals surface area contributed by atoms with Crippen molar-refractivity contribution in [1.29, 1.82) is 0 Å². The molecule has 1 heterocycles. The van der Waals surface area contributed by atoms with Crippen molar-refractivity contribution >= 4 is 0 Å². The molecule has 64 valence electrons. The number of hydrogen-bond acceptors (Lipinski definition) is 2. The molecule has 1 aliphatic heterocycles. The van der Waals surface area contributed by atoms with Gasteiger partial charge in [0.15, 0.2) is 0 Å². The summed E-state index contributed by atoms with van der Waals surface area (Å²) in [6, 6.07) is 0. The Morgan fingerprint density at radius 2 is 2.18 bits per heavy atom. The van der Waals surface area contributed by atoms with E-state index < -0.39 is 0 Å². The number of piperidine rings is 1. The first-order chi connectivity index (χ1) is 5.31. The quantitative estimate of drug-likeness (QED) is 0.545. The van der Waals surface area contributed by atoms with Gasteiger partial charge in [0.1, 0.15) is 0 Å². The maximum Gasteiger partial charge on any atom is 0.0800 e. The van der Waals surface area contributed by atoms with E-state index in [1.54, 1.807) is 0 Å². The van der Waals surface area contributed by atoms with E-state index in [4.69, 9.17) is 0 Å². The van der Waals surface area contributed by atoms with Gasteiger partial charge in [-0.3, -0.25) is 0 Å². The van der Waals surface area contributed by atoms with Gasteiger partial charge in [0.2, 0.25) is 0 Å². The highest BCUT2D eigenvalue weighted by Crippen LogP contribution is 2.36. The molecule has 2 rings (SSSR count). The van der Waals surface area contributed by atoms with Gasteiger partial charge in [0, 0.05) is 6.54 Å². The third kappa shape index (κ3) is 1.30. The lowest BCUT2D eigenvalue weighted by molar-refractivity contribution is -0.0632. The normalized spacial score (nSPS) is 45.0. The van der Waals surface area contributed by atoms with Gasteiger partial charge in [-0.15, -0.1) is 0 Å². The minimum Gasteiger partial charge on any atom is -0.388 e. The SMILES string of the molecule is O[C@@]12CCCC[C@@H]1CCNC2. The molecule has 2 nitrogen and oxygen atoms in total. The first-order valence-electron chi connectivity index (χ1n) is 4.74. The lowest BCUT2D eigenvalue weighted by Gasteiger charge is -2.43. The molecule has 2 heteroatoms. The summed E-state index contributed by atoms with van der Waals surface area (Å²) in [7, 11) is 0. The molecule has 0 unspecified atom stereocenters. The van der Waals surface area contributed by atoms with Gasteiger partial charge in [-0.05, 0) is 31.7 Å². The van der Waals surface area contributed by atoms with Crippen molar-refractivity contribution in [2.45, 2.75) is 37.7 Å². The molecule has 2 fully saturated rings. The minimum absolute atomic E-state index is 0.337. The Labute approximate surface area is 68.0 Å². The van der Waals surface area contributed by atoms with Gasteiger partial charge >= 0.3 is 0 Å². The number of β-amino-alcohol motifs (C(OH)–C–C–N with tert-alkyl or cyclic N) is 1. The van der Waals surface area contributed by atoms with E-state index >= 15 is 0 Å². The molecule has 0 aromatic carbocycles. The molecule has 1 saturated carbocycles. The van der Waals surface area contributed by atoms with E-state index in [9.17, 15) is 5.11 Å². The summed E-state index contributed by atoms with van der Waals surface area (Å²) < 4.78 is 0. The van der Waals surface area contributed by atoms with E-state index in [2.05, 4.69) is 5.32 Å². The monoisotopic (exact) mass is 155 g/mol. The van der Waals surface area contributed by atoms with Crippen molar-refractivity contribution in [1.82, 2.24) is 5.32 Å². The molecule has 0 bridgehead atoms. The maximum absolute atomic E-state index is 10.1. The van der Waals surface area contributed by atoms with Crippen LogP contribution in [-0.4, -0.2) is 23.8 Å². The zero-order valence-corrected chi connectivity index (χ0v) is 6.97. The largest absolute Gasteiger partial charge is 0.388 e. The van der Waals surface area contributed by atoms with E-state index in [1.807, 2.05) is 0 Å². The molecular formula is C9H17NO. The highest BCUT2D eigenvalue weighted by molar-refractivity contribution is 4.94. The van der Waals surface area contributed by atoms with Crippen molar-refractivity contribution in [2.75, 3.05) is 13.1 Å². The molecule has 0 aromatic heterocycles. The van der Waals surface area contributed by atoms with Crippen LogP contribution in [0.15, 0.2) is 0 Å². The third-order valence-electron chi connectivity index (χ3n) is 3.27. The van der Waals surface area contributed by atoms with Crippen LogP contribution in [0.5, 0.6) is 0 Å². The Morgan fingerprint density at radius 1 is 1.27 bits per heavy atom. The fourth-order valence-electron chi connectivity index (χ4n) is 2.52. The van der Waals surface area contributed by atoms with Crippen LogP contribution in [0.25, 0.3) is 0 Å². The summed E-state index contributed by atoms with van der Waals surface area (Å²) in [6.07, 6.45) is 5.99. The zero-order chi connectivity index (χ0) is 7.73. The average molecular weight is 155 g/mol. The fraction of sp³-hybridized carbons (Fsp3) is 1.00. The van der Waals surface area contributed by atoms with Crippen LogP contribution in [-0.2, 0) is 0 Å². The smallest absolute Gasteiger partial charge is 0.0800 e. The van der Waals surface area contributed by atoms with E-state index in [1.165, 1.54) is 25.7 Å². The summed E-state index contributed by atoms with van der Waals surface area (Å²) in [5.41, 5.74) is -0.337. The van der Waals surface area contributed by atoms with Crippen LogP contribution in [0, 0.1) is 5.92 Å². The molecule has 2 atom stereocenters. The van der Waals surface area contributed by atoms with Crippen LogP contribution in [0.1, 0.15) is 32.1 Å². The summed E-state index contributed by atoms with van der Waals surface area (Å²) in [4.78, 5) is 0. The summed E-state index contributed by atoms with van der Waals surface area (Å²) in [5.74, 6) is 0.595. The van der Waals surface area contributed by atoms with Crippen molar-refractivity contribution in [2.24, 2.45) is 5.92 Å². The van der Waals surface area contributed by atoms with Crippen LogP contribution in [0.2, 0.25) is 0 Å². The molecule has 0 amide bonds. The van der Waals surface area contributed by atoms with Crippen LogP contribution in [0.4, 0.5) is 0 Å². The van der Waals surface area contributed by atoms with Gasteiger partial charge in [0.25, 0.3) is 0 Å². The number of fused-ring (bicyclic) bond motifs is 1. The van der Waals surface area contributed by atoms with Gasteiger partial charge in [-0.2, -0.15) is 0 Å². The van der Waals surface area contributed by atoms with Crippen molar-refractivity contribution < 1.29 is 5.11 Å². The van der Waals surface area contributed by atoms with E-state index in [0.717, 1.165) is 19.5 Å². The zero-order valence-electron chi connectivity index (χ0n) is 6.97. The van der Waals surface area contributed by atoms with Gasteiger partial charge in [0.05, 0.1) is 5.60 Å². The Bertz CT molecular complexity index is 134. The second kappa shape index (κ2) is 2.76. The van der Waals surface area contributed by atoms with E-state index in [0.29, 0.717) is 5.92 Å². The Kier molecular flexibility index (Phi) is 1.90. The van der Waals surface area contributed by atoms with Crippen LogP contribution >= 0.6 is 0 Å².